The van der Waals surface area contributed by atoms with Crippen LogP contribution in [0.5, 0.6) is 5.75 Å². The molecule has 0 saturated carbocycles. The molecule has 0 spiro atoms. The van der Waals surface area contributed by atoms with Crippen molar-refractivity contribution < 1.29 is 9.90 Å². The number of carbonyl (C=O) groups excluding carboxylic acids is 1. The van der Waals surface area contributed by atoms with Crippen LogP contribution < -0.4 is 0 Å². The summed E-state index contributed by atoms with van der Waals surface area (Å²) in [6, 6.07) is 27.5. The van der Waals surface area contributed by atoms with E-state index in [4.69, 9.17) is 0 Å². The Labute approximate surface area is 148 Å². The standard InChI is InChI=1S/C23H20O2/c24-17-7-12-22(18-8-3-1-4-9-18)23(19-10-5-2-6-11-19)20-13-15-21(25)16-14-20/h1-6,8-11,13-17,25H,7,12H2. The molecule has 1 N–H and O–H groups in total. The fourth-order valence-corrected chi connectivity index (χ4v) is 3.00. The zero-order valence-electron chi connectivity index (χ0n) is 13.9. The minimum atomic E-state index is 0.241. The molecule has 3 rings (SSSR count). The lowest BCUT2D eigenvalue weighted by Gasteiger charge is -2.17. The Bertz CT molecular complexity index is 848. The Morgan fingerprint density at radius 1 is 0.720 bits per heavy atom. The normalized spacial score (nSPS) is 11.7. The van der Waals surface area contributed by atoms with Crippen molar-refractivity contribution in [1.29, 1.82) is 0 Å². The summed E-state index contributed by atoms with van der Waals surface area (Å²) in [4.78, 5) is 11.0. The van der Waals surface area contributed by atoms with Crippen LogP contribution in [0.2, 0.25) is 0 Å². The van der Waals surface area contributed by atoms with E-state index in [1.165, 1.54) is 0 Å². The molecule has 2 nitrogen and oxygen atoms in total. The van der Waals surface area contributed by atoms with Crippen LogP contribution in [0.15, 0.2) is 84.9 Å². The van der Waals surface area contributed by atoms with Crippen molar-refractivity contribution in [3.63, 3.8) is 0 Å². The van der Waals surface area contributed by atoms with E-state index in [2.05, 4.69) is 24.3 Å². The molecule has 0 fully saturated rings. The average Bonchev–Trinajstić information content (AvgIpc) is 2.67. The summed E-state index contributed by atoms with van der Waals surface area (Å²) in [6.45, 7) is 0. The van der Waals surface area contributed by atoms with Crippen LogP contribution in [0.3, 0.4) is 0 Å². The molecule has 0 aromatic heterocycles. The number of carbonyl (C=O) groups is 1. The summed E-state index contributed by atoms with van der Waals surface area (Å²) < 4.78 is 0. The third-order valence-corrected chi connectivity index (χ3v) is 4.15. The van der Waals surface area contributed by atoms with E-state index in [9.17, 15) is 9.90 Å². The van der Waals surface area contributed by atoms with Crippen LogP contribution in [0.25, 0.3) is 11.1 Å². The SMILES string of the molecule is O=CCCC(=C(c1ccccc1)c1ccc(O)cc1)c1ccccc1. The molecule has 3 aromatic carbocycles. The van der Waals surface area contributed by atoms with Gasteiger partial charge in [-0.05, 0) is 46.4 Å². The Balaban J connectivity index is 2.26. The van der Waals surface area contributed by atoms with Crippen LogP contribution in [0, 0.1) is 0 Å². The predicted molar refractivity (Wildman–Crippen MR) is 102 cm³/mol. The molecular weight excluding hydrogens is 308 g/mol. The number of phenolic OH excluding ortho intramolecular Hbond substituents is 1. The molecule has 0 unspecified atom stereocenters. The molecule has 0 saturated heterocycles. The molecule has 3 aromatic rings. The highest BCUT2D eigenvalue weighted by Gasteiger charge is 2.13. The molecule has 25 heavy (non-hydrogen) atoms. The predicted octanol–water partition coefficient (Wildman–Crippen LogP) is 5.33. The van der Waals surface area contributed by atoms with E-state index >= 15 is 0 Å². The van der Waals surface area contributed by atoms with Crippen LogP contribution >= 0.6 is 0 Å². The topological polar surface area (TPSA) is 37.3 Å². The molecule has 0 heterocycles. The second kappa shape index (κ2) is 8.11. The van der Waals surface area contributed by atoms with Gasteiger partial charge in [0.2, 0.25) is 0 Å². The minimum absolute atomic E-state index is 0.241. The molecule has 0 atom stereocenters. The third-order valence-electron chi connectivity index (χ3n) is 4.15. The molecule has 124 valence electrons. The van der Waals surface area contributed by atoms with Crippen molar-refractivity contribution in [3.8, 4) is 5.75 Å². The van der Waals surface area contributed by atoms with Crippen molar-refractivity contribution in [2.45, 2.75) is 12.8 Å². The number of hydrogen-bond donors (Lipinski definition) is 1. The van der Waals surface area contributed by atoms with Crippen molar-refractivity contribution in [1.82, 2.24) is 0 Å². The average molecular weight is 328 g/mol. The lowest BCUT2D eigenvalue weighted by molar-refractivity contribution is -0.107. The Hall–Kier alpha value is -3.13. The number of aldehydes is 1. The number of phenols is 1. The summed E-state index contributed by atoms with van der Waals surface area (Å²) in [6.07, 6.45) is 2.10. The maximum absolute atomic E-state index is 11.0. The molecule has 0 aliphatic heterocycles. The molecule has 0 bridgehead atoms. The minimum Gasteiger partial charge on any atom is -0.508 e. The van der Waals surface area contributed by atoms with E-state index in [0.717, 1.165) is 34.1 Å². The van der Waals surface area contributed by atoms with Gasteiger partial charge in [0, 0.05) is 6.42 Å². The van der Waals surface area contributed by atoms with Crippen molar-refractivity contribution in [2.75, 3.05) is 0 Å². The monoisotopic (exact) mass is 328 g/mol. The molecule has 0 radical (unpaired) electrons. The van der Waals surface area contributed by atoms with Crippen LogP contribution in [-0.4, -0.2) is 11.4 Å². The Morgan fingerprint density at radius 2 is 1.24 bits per heavy atom. The number of allylic oxidation sites excluding steroid dienone is 1. The van der Waals surface area contributed by atoms with Gasteiger partial charge >= 0.3 is 0 Å². The first-order valence-corrected chi connectivity index (χ1v) is 8.36. The van der Waals surface area contributed by atoms with Crippen molar-refractivity contribution in [2.24, 2.45) is 0 Å². The highest BCUT2D eigenvalue weighted by atomic mass is 16.3. The number of benzene rings is 3. The van der Waals surface area contributed by atoms with Gasteiger partial charge in [-0.1, -0.05) is 72.8 Å². The zero-order chi connectivity index (χ0) is 17.5. The maximum Gasteiger partial charge on any atom is 0.120 e. The third kappa shape index (κ3) is 4.04. The van der Waals surface area contributed by atoms with E-state index in [0.29, 0.717) is 12.8 Å². The molecule has 0 aliphatic rings. The first-order chi connectivity index (χ1) is 12.3. The quantitative estimate of drug-likeness (QED) is 0.490. The van der Waals surface area contributed by atoms with Gasteiger partial charge in [-0.2, -0.15) is 0 Å². The van der Waals surface area contributed by atoms with Gasteiger partial charge in [0.25, 0.3) is 0 Å². The lowest BCUT2D eigenvalue weighted by atomic mass is 9.87. The fraction of sp³-hybridized carbons (Fsp3) is 0.0870. The van der Waals surface area contributed by atoms with Crippen LogP contribution in [0.4, 0.5) is 0 Å². The number of rotatable bonds is 6. The zero-order valence-corrected chi connectivity index (χ0v) is 13.9. The molecule has 0 aliphatic carbocycles. The van der Waals surface area contributed by atoms with Gasteiger partial charge in [0.1, 0.15) is 12.0 Å². The smallest absolute Gasteiger partial charge is 0.120 e. The lowest BCUT2D eigenvalue weighted by Crippen LogP contribution is -1.96. The Kier molecular flexibility index (Phi) is 5.43. The van der Waals surface area contributed by atoms with Gasteiger partial charge in [-0.25, -0.2) is 0 Å². The van der Waals surface area contributed by atoms with E-state index < -0.39 is 0 Å². The van der Waals surface area contributed by atoms with Crippen LogP contribution in [-0.2, 0) is 4.79 Å². The van der Waals surface area contributed by atoms with Crippen LogP contribution in [0.1, 0.15) is 29.5 Å². The van der Waals surface area contributed by atoms with Gasteiger partial charge in [0.15, 0.2) is 0 Å². The number of aromatic hydroxyl groups is 1. The second-order valence-corrected chi connectivity index (χ2v) is 5.84. The summed E-state index contributed by atoms with van der Waals surface area (Å²) in [5, 5.41) is 9.64. The first-order valence-electron chi connectivity index (χ1n) is 8.36. The summed E-state index contributed by atoms with van der Waals surface area (Å²) in [7, 11) is 0. The van der Waals surface area contributed by atoms with Gasteiger partial charge < -0.3 is 9.90 Å². The molecule has 0 amide bonds. The molecule has 2 heteroatoms. The highest BCUT2D eigenvalue weighted by molar-refractivity contribution is 5.99. The summed E-state index contributed by atoms with van der Waals surface area (Å²) >= 11 is 0. The number of hydrogen-bond acceptors (Lipinski definition) is 2. The maximum atomic E-state index is 11.0. The fourth-order valence-electron chi connectivity index (χ4n) is 3.00. The Morgan fingerprint density at radius 3 is 1.80 bits per heavy atom. The van der Waals surface area contributed by atoms with E-state index in [-0.39, 0.29) is 5.75 Å². The second-order valence-electron chi connectivity index (χ2n) is 5.84. The van der Waals surface area contributed by atoms with Crippen molar-refractivity contribution >= 4 is 17.4 Å². The summed E-state index contributed by atoms with van der Waals surface area (Å²) in [5.41, 5.74) is 5.45. The largest absolute Gasteiger partial charge is 0.508 e. The first kappa shape index (κ1) is 16.7. The highest BCUT2D eigenvalue weighted by Crippen LogP contribution is 2.35. The van der Waals surface area contributed by atoms with Crippen molar-refractivity contribution in [3.05, 3.63) is 102 Å². The van der Waals surface area contributed by atoms with Gasteiger partial charge in [0.05, 0.1) is 0 Å². The summed E-state index contributed by atoms with van der Waals surface area (Å²) in [5.74, 6) is 0.241. The molecular formula is C23H20O2. The van der Waals surface area contributed by atoms with Gasteiger partial charge in [-0.15, -0.1) is 0 Å². The van der Waals surface area contributed by atoms with E-state index in [1.54, 1.807) is 12.1 Å². The van der Waals surface area contributed by atoms with E-state index in [1.807, 2.05) is 48.5 Å². The van der Waals surface area contributed by atoms with Gasteiger partial charge in [-0.3, -0.25) is 0 Å².